The molecule has 2 heterocycles. The first kappa shape index (κ1) is 25.8. The van der Waals surface area contributed by atoms with E-state index in [2.05, 4.69) is 20.9 Å². The standard InChI is InChI=1S/C29H27F3N4O2/c1-19-16-20(18-33)17-25-27(19)38-28(34-25)22-4-2-21(3-5-22)26(37)10-11-35-12-14-36(15-13-35)24-8-6-23(7-9-24)29(30,31)32/h2-9,16-17,26,37H,10-15H2,1H3. The average Bonchev–Trinajstić information content (AvgIpc) is 3.36. The number of hydrogen-bond acceptors (Lipinski definition) is 6. The fourth-order valence-electron chi connectivity index (χ4n) is 4.80. The SMILES string of the molecule is Cc1cc(C#N)cc2nc(-c3ccc(C(O)CCN4CCN(c5ccc(C(F)(F)F)cc5)CC4)cc3)oc12. The monoisotopic (exact) mass is 520 g/mol. The van der Waals surface area contributed by atoms with E-state index in [9.17, 15) is 23.5 Å². The van der Waals surface area contributed by atoms with E-state index < -0.39 is 17.8 Å². The predicted molar refractivity (Wildman–Crippen MR) is 139 cm³/mol. The predicted octanol–water partition coefficient (Wildman–Crippen LogP) is 5.94. The molecule has 1 saturated heterocycles. The maximum Gasteiger partial charge on any atom is 0.416 e. The Kier molecular flexibility index (Phi) is 7.11. The number of nitriles is 1. The van der Waals surface area contributed by atoms with Crippen LogP contribution in [0.15, 0.2) is 65.1 Å². The van der Waals surface area contributed by atoms with E-state index >= 15 is 0 Å². The fourth-order valence-corrected chi connectivity index (χ4v) is 4.80. The number of anilines is 1. The van der Waals surface area contributed by atoms with Gasteiger partial charge in [0, 0.05) is 44.0 Å². The number of halogens is 3. The summed E-state index contributed by atoms with van der Waals surface area (Å²) in [4.78, 5) is 8.87. The van der Waals surface area contributed by atoms with Crippen molar-refractivity contribution in [3.8, 4) is 17.5 Å². The molecule has 1 aliphatic heterocycles. The van der Waals surface area contributed by atoms with Crippen LogP contribution in [0.4, 0.5) is 18.9 Å². The molecule has 196 valence electrons. The van der Waals surface area contributed by atoms with Crippen molar-refractivity contribution in [1.29, 1.82) is 5.26 Å². The van der Waals surface area contributed by atoms with E-state index in [1.54, 1.807) is 12.1 Å². The van der Waals surface area contributed by atoms with Gasteiger partial charge in [-0.1, -0.05) is 12.1 Å². The first-order chi connectivity index (χ1) is 18.2. The zero-order chi connectivity index (χ0) is 26.9. The first-order valence-electron chi connectivity index (χ1n) is 12.5. The van der Waals surface area contributed by atoms with Gasteiger partial charge < -0.3 is 14.4 Å². The molecule has 0 bridgehead atoms. The lowest BCUT2D eigenvalue weighted by Gasteiger charge is -2.36. The summed E-state index contributed by atoms with van der Waals surface area (Å²) in [5, 5.41) is 19.9. The molecule has 3 aromatic carbocycles. The molecule has 1 fully saturated rings. The summed E-state index contributed by atoms with van der Waals surface area (Å²) in [6.07, 6.45) is -4.38. The summed E-state index contributed by atoms with van der Waals surface area (Å²) in [5.41, 5.74) is 4.42. The van der Waals surface area contributed by atoms with Gasteiger partial charge in [-0.05, 0) is 73.0 Å². The summed E-state index contributed by atoms with van der Waals surface area (Å²) < 4.78 is 44.3. The number of piperazine rings is 1. The molecule has 6 nitrogen and oxygen atoms in total. The molecule has 9 heteroatoms. The topological polar surface area (TPSA) is 76.5 Å². The third kappa shape index (κ3) is 5.52. The normalized spacial score (nSPS) is 15.5. The highest BCUT2D eigenvalue weighted by molar-refractivity contribution is 5.80. The maximum absolute atomic E-state index is 12.8. The van der Waals surface area contributed by atoms with Crippen molar-refractivity contribution in [1.82, 2.24) is 9.88 Å². The second kappa shape index (κ2) is 10.5. The number of aliphatic hydroxyl groups excluding tert-OH is 1. The summed E-state index contributed by atoms with van der Waals surface area (Å²) in [7, 11) is 0. The summed E-state index contributed by atoms with van der Waals surface area (Å²) in [6.45, 7) is 5.59. The van der Waals surface area contributed by atoms with Crippen LogP contribution in [-0.2, 0) is 6.18 Å². The number of aryl methyl sites for hydroxylation is 1. The second-order valence-corrected chi connectivity index (χ2v) is 9.57. The van der Waals surface area contributed by atoms with Crippen LogP contribution in [0.3, 0.4) is 0 Å². The van der Waals surface area contributed by atoms with Crippen molar-refractivity contribution in [3.63, 3.8) is 0 Å². The van der Waals surface area contributed by atoms with Gasteiger partial charge in [0.05, 0.1) is 23.3 Å². The Balaban J connectivity index is 1.14. The van der Waals surface area contributed by atoms with Crippen LogP contribution in [0.2, 0.25) is 0 Å². The minimum Gasteiger partial charge on any atom is -0.436 e. The zero-order valence-electron chi connectivity index (χ0n) is 20.9. The van der Waals surface area contributed by atoms with Crippen LogP contribution in [0, 0.1) is 18.3 Å². The van der Waals surface area contributed by atoms with Crippen LogP contribution in [0.5, 0.6) is 0 Å². The molecule has 1 aromatic heterocycles. The highest BCUT2D eigenvalue weighted by atomic mass is 19.4. The lowest BCUT2D eigenvalue weighted by atomic mass is 10.0. The number of benzene rings is 3. The molecular weight excluding hydrogens is 493 g/mol. The quantitative estimate of drug-likeness (QED) is 0.339. The maximum atomic E-state index is 12.8. The van der Waals surface area contributed by atoms with E-state index in [4.69, 9.17) is 4.42 Å². The number of alkyl halides is 3. The Labute approximate surface area is 218 Å². The summed E-state index contributed by atoms with van der Waals surface area (Å²) >= 11 is 0. The van der Waals surface area contributed by atoms with Crippen LogP contribution in [0.25, 0.3) is 22.6 Å². The Hall–Kier alpha value is -3.87. The smallest absolute Gasteiger partial charge is 0.416 e. The Morgan fingerprint density at radius 2 is 1.71 bits per heavy atom. The lowest BCUT2D eigenvalue weighted by molar-refractivity contribution is -0.137. The van der Waals surface area contributed by atoms with Gasteiger partial charge in [-0.25, -0.2) is 4.98 Å². The molecule has 1 unspecified atom stereocenters. The molecule has 1 atom stereocenters. The number of aromatic nitrogens is 1. The van der Waals surface area contributed by atoms with Gasteiger partial charge in [0.15, 0.2) is 5.58 Å². The minimum absolute atomic E-state index is 0.463. The summed E-state index contributed by atoms with van der Waals surface area (Å²) in [6, 6.07) is 18.4. The Morgan fingerprint density at radius 1 is 1.03 bits per heavy atom. The van der Waals surface area contributed by atoms with Crippen LogP contribution < -0.4 is 4.90 Å². The largest absolute Gasteiger partial charge is 0.436 e. The molecule has 1 aliphatic rings. The molecule has 0 aliphatic carbocycles. The van der Waals surface area contributed by atoms with Gasteiger partial charge in [0.25, 0.3) is 0 Å². The van der Waals surface area contributed by atoms with Gasteiger partial charge in [0.2, 0.25) is 5.89 Å². The van der Waals surface area contributed by atoms with E-state index in [0.717, 1.165) is 67.2 Å². The van der Waals surface area contributed by atoms with Crippen molar-refractivity contribution < 1.29 is 22.7 Å². The van der Waals surface area contributed by atoms with Crippen molar-refractivity contribution in [2.75, 3.05) is 37.6 Å². The van der Waals surface area contributed by atoms with Gasteiger partial charge in [0.1, 0.15) is 5.52 Å². The van der Waals surface area contributed by atoms with Gasteiger partial charge in [-0.2, -0.15) is 18.4 Å². The molecule has 0 amide bonds. The Bertz CT molecular complexity index is 1450. The Morgan fingerprint density at radius 3 is 2.34 bits per heavy atom. The number of hydrogen-bond donors (Lipinski definition) is 1. The fraction of sp³-hybridized carbons (Fsp3) is 0.310. The molecule has 5 rings (SSSR count). The van der Waals surface area contributed by atoms with Gasteiger partial charge in [-0.15, -0.1) is 0 Å². The molecular formula is C29H27F3N4O2. The highest BCUT2D eigenvalue weighted by Gasteiger charge is 2.30. The highest BCUT2D eigenvalue weighted by Crippen LogP contribution is 2.31. The molecule has 0 spiro atoms. The van der Waals surface area contributed by atoms with Gasteiger partial charge >= 0.3 is 6.18 Å². The van der Waals surface area contributed by atoms with E-state index in [1.165, 1.54) is 12.1 Å². The second-order valence-electron chi connectivity index (χ2n) is 9.57. The number of rotatable bonds is 6. The van der Waals surface area contributed by atoms with Crippen molar-refractivity contribution >= 4 is 16.8 Å². The molecule has 0 radical (unpaired) electrons. The van der Waals surface area contributed by atoms with Crippen LogP contribution >= 0.6 is 0 Å². The van der Waals surface area contributed by atoms with Crippen molar-refractivity contribution in [3.05, 3.63) is 82.9 Å². The average molecular weight is 521 g/mol. The third-order valence-corrected chi connectivity index (χ3v) is 7.00. The lowest BCUT2D eigenvalue weighted by Crippen LogP contribution is -2.46. The number of fused-ring (bicyclic) bond motifs is 1. The van der Waals surface area contributed by atoms with E-state index in [0.29, 0.717) is 29.0 Å². The first-order valence-corrected chi connectivity index (χ1v) is 12.5. The van der Waals surface area contributed by atoms with Crippen molar-refractivity contribution in [2.45, 2.75) is 25.6 Å². The van der Waals surface area contributed by atoms with E-state index in [1.807, 2.05) is 31.2 Å². The minimum atomic E-state index is -4.33. The molecule has 38 heavy (non-hydrogen) atoms. The number of oxazole rings is 1. The molecule has 4 aromatic rings. The van der Waals surface area contributed by atoms with Crippen LogP contribution in [0.1, 0.15) is 34.8 Å². The third-order valence-electron chi connectivity index (χ3n) is 7.00. The van der Waals surface area contributed by atoms with Crippen molar-refractivity contribution in [2.24, 2.45) is 0 Å². The van der Waals surface area contributed by atoms with Gasteiger partial charge in [-0.3, -0.25) is 4.90 Å². The number of aliphatic hydroxyl groups is 1. The van der Waals surface area contributed by atoms with Crippen LogP contribution in [-0.4, -0.2) is 47.7 Å². The zero-order valence-corrected chi connectivity index (χ0v) is 20.9. The van der Waals surface area contributed by atoms with E-state index in [-0.39, 0.29) is 0 Å². The molecule has 1 N–H and O–H groups in total. The number of nitrogens with zero attached hydrogens (tertiary/aromatic N) is 4. The summed E-state index contributed by atoms with van der Waals surface area (Å²) in [5.74, 6) is 0.463. The molecule has 0 saturated carbocycles.